The summed E-state index contributed by atoms with van der Waals surface area (Å²) in [4.78, 5) is 11.6. The Hall–Kier alpha value is -2.63. The molecule has 0 atom stereocenters. The van der Waals surface area contributed by atoms with E-state index in [1.165, 1.54) is 0 Å². The maximum atomic E-state index is 11.6. The highest BCUT2D eigenvalue weighted by Gasteiger charge is 2.09. The molecule has 0 saturated heterocycles. The van der Waals surface area contributed by atoms with Crippen LogP contribution in [0.3, 0.4) is 0 Å². The number of nitrogens with one attached hydrogen (secondary N) is 1. The molecule has 0 aliphatic rings. The van der Waals surface area contributed by atoms with Crippen LogP contribution < -0.4 is 15.8 Å². The monoisotopic (exact) mass is 286 g/mol. The number of anilines is 1. The van der Waals surface area contributed by atoms with E-state index < -0.39 is 0 Å². The minimum atomic E-state index is -0.257. The van der Waals surface area contributed by atoms with Crippen LogP contribution in [0.25, 0.3) is 0 Å². The van der Waals surface area contributed by atoms with Crippen molar-refractivity contribution in [3.05, 3.63) is 41.1 Å². The predicted octanol–water partition coefficient (Wildman–Crippen LogP) is 2.22. The quantitative estimate of drug-likeness (QED) is 0.841. The molecular weight excluding hydrogens is 268 g/mol. The number of amides is 1. The number of nitrogen functional groups attached to an aromatic ring is 1. The average Bonchev–Trinajstić information content (AvgIpc) is 2.46. The molecule has 1 aromatic carbocycles. The van der Waals surface area contributed by atoms with Gasteiger partial charge < -0.3 is 15.8 Å². The normalized spacial score (nSPS) is 10.2. The number of carbonyl (C=O) groups excluding carboxylic acids is 1. The number of aryl methyl sites for hydroxylation is 2. The maximum Gasteiger partial charge on any atom is 0.271 e. The van der Waals surface area contributed by atoms with Gasteiger partial charge in [-0.15, -0.1) is 10.2 Å². The van der Waals surface area contributed by atoms with E-state index in [9.17, 15) is 4.79 Å². The number of hydrogen-bond donors (Lipinski definition) is 2. The second-order valence-corrected chi connectivity index (χ2v) is 4.69. The fourth-order valence-corrected chi connectivity index (χ4v) is 1.82. The van der Waals surface area contributed by atoms with Crippen molar-refractivity contribution in [1.82, 2.24) is 15.5 Å². The lowest BCUT2D eigenvalue weighted by Gasteiger charge is -2.10. The van der Waals surface area contributed by atoms with E-state index in [4.69, 9.17) is 10.5 Å². The Morgan fingerprint density at radius 2 is 2.00 bits per heavy atom. The third-order valence-corrected chi connectivity index (χ3v) is 2.99. The summed E-state index contributed by atoms with van der Waals surface area (Å²) >= 11 is 0. The van der Waals surface area contributed by atoms with Gasteiger partial charge in [-0.2, -0.15) is 0 Å². The lowest BCUT2D eigenvalue weighted by atomic mass is 10.1. The van der Waals surface area contributed by atoms with Gasteiger partial charge in [-0.25, -0.2) is 0 Å². The maximum absolute atomic E-state index is 11.6. The summed E-state index contributed by atoms with van der Waals surface area (Å²) in [6, 6.07) is 6.87. The molecule has 1 aromatic heterocycles. The number of benzene rings is 1. The van der Waals surface area contributed by atoms with Crippen LogP contribution in [-0.2, 0) is 0 Å². The first-order chi connectivity index (χ1) is 10.0. The second kappa shape index (κ2) is 6.21. The summed E-state index contributed by atoms with van der Waals surface area (Å²) in [5.74, 6) is 0.680. The summed E-state index contributed by atoms with van der Waals surface area (Å²) in [6.45, 7) is 6.25. The zero-order valence-corrected chi connectivity index (χ0v) is 12.3. The molecule has 110 valence electrons. The van der Waals surface area contributed by atoms with Gasteiger partial charge in [0.1, 0.15) is 5.75 Å². The van der Waals surface area contributed by atoms with Gasteiger partial charge in [0, 0.05) is 24.4 Å². The van der Waals surface area contributed by atoms with E-state index >= 15 is 0 Å². The van der Waals surface area contributed by atoms with Crippen molar-refractivity contribution < 1.29 is 9.53 Å². The number of hydrogen-bond acceptors (Lipinski definition) is 5. The third kappa shape index (κ3) is 3.47. The first-order valence-electron chi connectivity index (χ1n) is 6.67. The van der Waals surface area contributed by atoms with Gasteiger partial charge in [-0.1, -0.05) is 6.07 Å². The van der Waals surface area contributed by atoms with Crippen LogP contribution in [0.1, 0.15) is 28.5 Å². The lowest BCUT2D eigenvalue weighted by Crippen LogP contribution is -2.23. The number of rotatable bonds is 4. The molecule has 3 N–H and O–H groups in total. The summed E-state index contributed by atoms with van der Waals surface area (Å²) in [5, 5.41) is 10.4. The Morgan fingerprint density at radius 3 is 2.62 bits per heavy atom. The highest BCUT2D eigenvalue weighted by Crippen LogP contribution is 2.27. The Morgan fingerprint density at radius 1 is 1.24 bits per heavy atom. The molecule has 0 saturated carbocycles. The van der Waals surface area contributed by atoms with Crippen LogP contribution in [-0.4, -0.2) is 22.6 Å². The predicted molar refractivity (Wildman–Crippen MR) is 80.4 cm³/mol. The summed E-state index contributed by atoms with van der Waals surface area (Å²) in [6.07, 6.45) is 0. The van der Waals surface area contributed by atoms with Crippen molar-refractivity contribution in [3.8, 4) is 11.6 Å². The SMILES string of the molecule is CCNC(=O)c1ccc(Oc2cc(N)c(C)cc2C)nn1. The molecule has 0 unspecified atom stereocenters. The van der Waals surface area contributed by atoms with Gasteiger partial charge in [0.15, 0.2) is 5.69 Å². The molecule has 0 aliphatic carbocycles. The minimum Gasteiger partial charge on any atom is -0.437 e. The number of nitrogens with two attached hydrogens (primary N) is 1. The standard InChI is InChI=1S/C15H18N4O2/c1-4-17-15(20)12-5-6-14(19-18-12)21-13-8-11(16)9(2)7-10(13)3/h5-8H,4,16H2,1-3H3,(H,17,20). The summed E-state index contributed by atoms with van der Waals surface area (Å²) in [5.41, 5.74) is 8.73. The first-order valence-corrected chi connectivity index (χ1v) is 6.67. The topological polar surface area (TPSA) is 90.1 Å². The van der Waals surface area contributed by atoms with Crippen molar-refractivity contribution >= 4 is 11.6 Å². The lowest BCUT2D eigenvalue weighted by molar-refractivity contribution is 0.0949. The number of aromatic nitrogens is 2. The summed E-state index contributed by atoms with van der Waals surface area (Å²) in [7, 11) is 0. The molecule has 6 heteroatoms. The Labute approximate surface area is 123 Å². The zero-order valence-electron chi connectivity index (χ0n) is 12.3. The van der Waals surface area contributed by atoms with Crippen molar-refractivity contribution in [3.63, 3.8) is 0 Å². The van der Waals surface area contributed by atoms with Gasteiger partial charge in [-0.05, 0) is 38.0 Å². The van der Waals surface area contributed by atoms with Crippen LogP contribution in [0.5, 0.6) is 11.6 Å². The minimum absolute atomic E-state index is 0.254. The van der Waals surface area contributed by atoms with E-state index in [1.807, 2.05) is 26.8 Å². The van der Waals surface area contributed by atoms with Crippen molar-refractivity contribution in [2.75, 3.05) is 12.3 Å². The molecule has 0 aliphatic heterocycles. The highest BCUT2D eigenvalue weighted by molar-refractivity contribution is 5.91. The van der Waals surface area contributed by atoms with E-state index in [-0.39, 0.29) is 11.6 Å². The van der Waals surface area contributed by atoms with E-state index in [1.54, 1.807) is 18.2 Å². The third-order valence-electron chi connectivity index (χ3n) is 2.99. The number of carbonyl (C=O) groups is 1. The van der Waals surface area contributed by atoms with Crippen LogP contribution in [0.4, 0.5) is 5.69 Å². The fourth-order valence-electron chi connectivity index (χ4n) is 1.82. The zero-order chi connectivity index (χ0) is 15.4. The molecule has 0 spiro atoms. The highest BCUT2D eigenvalue weighted by atomic mass is 16.5. The van der Waals surface area contributed by atoms with Gasteiger partial charge in [-0.3, -0.25) is 4.79 Å². The number of nitrogens with zero attached hydrogens (tertiary/aromatic N) is 2. The van der Waals surface area contributed by atoms with Crippen LogP contribution in [0.2, 0.25) is 0 Å². The molecule has 2 rings (SSSR count). The van der Waals surface area contributed by atoms with Crippen LogP contribution in [0, 0.1) is 13.8 Å². The largest absolute Gasteiger partial charge is 0.437 e. The van der Waals surface area contributed by atoms with Gasteiger partial charge in [0.05, 0.1) is 0 Å². The molecule has 2 aromatic rings. The van der Waals surface area contributed by atoms with Crippen molar-refractivity contribution in [2.24, 2.45) is 0 Å². The molecule has 1 heterocycles. The van der Waals surface area contributed by atoms with Gasteiger partial charge in [0.2, 0.25) is 5.88 Å². The molecule has 0 bridgehead atoms. The van der Waals surface area contributed by atoms with Gasteiger partial charge >= 0.3 is 0 Å². The average molecular weight is 286 g/mol. The van der Waals surface area contributed by atoms with Crippen LogP contribution in [0.15, 0.2) is 24.3 Å². The van der Waals surface area contributed by atoms with Crippen molar-refractivity contribution in [1.29, 1.82) is 0 Å². The molecule has 6 nitrogen and oxygen atoms in total. The number of ether oxygens (including phenoxy) is 1. The fraction of sp³-hybridized carbons (Fsp3) is 0.267. The summed E-state index contributed by atoms with van der Waals surface area (Å²) < 4.78 is 5.65. The smallest absolute Gasteiger partial charge is 0.271 e. The van der Waals surface area contributed by atoms with Crippen LogP contribution >= 0.6 is 0 Å². The van der Waals surface area contributed by atoms with Crippen molar-refractivity contribution in [2.45, 2.75) is 20.8 Å². The molecule has 0 fully saturated rings. The molecule has 0 radical (unpaired) electrons. The van der Waals surface area contributed by atoms with E-state index in [0.717, 1.165) is 11.1 Å². The van der Waals surface area contributed by atoms with E-state index in [2.05, 4.69) is 15.5 Å². The van der Waals surface area contributed by atoms with E-state index in [0.29, 0.717) is 23.9 Å². The Kier molecular flexibility index (Phi) is 4.37. The Bertz CT molecular complexity index is 653. The van der Waals surface area contributed by atoms with Gasteiger partial charge in [0.25, 0.3) is 5.91 Å². The molecular formula is C15H18N4O2. The molecule has 21 heavy (non-hydrogen) atoms. The Balaban J connectivity index is 2.17. The second-order valence-electron chi connectivity index (χ2n) is 4.69. The first kappa shape index (κ1) is 14.8. The molecule has 1 amide bonds.